The largest absolute Gasteiger partial charge is 0.282 e. The lowest BCUT2D eigenvalue weighted by atomic mass is 10.0. The van der Waals surface area contributed by atoms with Crippen LogP contribution in [0.4, 0.5) is 4.39 Å². The molecule has 2 aliphatic rings. The molecule has 4 rings (SSSR count). The van der Waals surface area contributed by atoms with Gasteiger partial charge in [0.2, 0.25) is 5.91 Å². The van der Waals surface area contributed by atoms with Gasteiger partial charge in [0.15, 0.2) is 6.30 Å². The number of alkyl halides is 1. The van der Waals surface area contributed by atoms with Gasteiger partial charge in [-0.3, -0.25) is 24.7 Å². The van der Waals surface area contributed by atoms with Crippen molar-refractivity contribution in [2.24, 2.45) is 0 Å². The zero-order chi connectivity index (χ0) is 18.3. The molecule has 0 aromatic heterocycles. The van der Waals surface area contributed by atoms with E-state index < -0.39 is 6.30 Å². The summed E-state index contributed by atoms with van der Waals surface area (Å²) in [5.74, 6) is -0.912. The molecule has 7 heteroatoms. The van der Waals surface area contributed by atoms with Crippen molar-refractivity contribution in [3.63, 3.8) is 0 Å². The average molecular weight is 353 g/mol. The number of nitrogens with one attached hydrogen (secondary N) is 1. The predicted molar refractivity (Wildman–Crippen MR) is 90.4 cm³/mol. The van der Waals surface area contributed by atoms with Crippen LogP contribution in [0.2, 0.25) is 0 Å². The molecule has 1 atom stereocenters. The van der Waals surface area contributed by atoms with Gasteiger partial charge in [-0.1, -0.05) is 30.3 Å². The van der Waals surface area contributed by atoms with Crippen LogP contribution in [0.1, 0.15) is 44.6 Å². The molecule has 0 aliphatic carbocycles. The maximum Gasteiger partial charge on any atom is 0.266 e. The van der Waals surface area contributed by atoms with Gasteiger partial charge >= 0.3 is 0 Å². The highest BCUT2D eigenvalue weighted by Gasteiger charge is 2.32. The fraction of sp³-hybridized carbons (Fsp3) is 0.211. The summed E-state index contributed by atoms with van der Waals surface area (Å²) in [7, 11) is 0. The van der Waals surface area contributed by atoms with Gasteiger partial charge in [-0.05, 0) is 23.8 Å². The molecule has 6 nitrogen and oxygen atoms in total. The first-order valence-corrected chi connectivity index (χ1v) is 8.29. The Balaban J connectivity index is 1.55. The predicted octanol–water partition coefficient (Wildman–Crippen LogP) is 2.19. The van der Waals surface area contributed by atoms with Crippen LogP contribution in [0.25, 0.3) is 0 Å². The van der Waals surface area contributed by atoms with Gasteiger partial charge < -0.3 is 0 Å². The Morgan fingerprint density at radius 3 is 2.69 bits per heavy atom. The van der Waals surface area contributed by atoms with E-state index in [0.29, 0.717) is 35.2 Å². The molecule has 3 amide bonds. The minimum atomic E-state index is -1.49. The van der Waals surface area contributed by atoms with Crippen LogP contribution in [-0.4, -0.2) is 34.2 Å². The number of halogens is 1. The van der Waals surface area contributed by atoms with E-state index >= 15 is 0 Å². The van der Waals surface area contributed by atoms with Gasteiger partial charge in [0.1, 0.15) is 0 Å². The van der Waals surface area contributed by atoms with E-state index in [9.17, 15) is 18.8 Å². The van der Waals surface area contributed by atoms with Crippen LogP contribution in [0.3, 0.4) is 0 Å². The number of rotatable bonds is 3. The highest BCUT2D eigenvalue weighted by atomic mass is 19.1. The molecular weight excluding hydrogens is 337 g/mol. The van der Waals surface area contributed by atoms with E-state index in [4.69, 9.17) is 0 Å². The van der Waals surface area contributed by atoms with Crippen LogP contribution < -0.4 is 5.43 Å². The van der Waals surface area contributed by atoms with Crippen LogP contribution >= 0.6 is 0 Å². The number of nitrogens with zero attached hydrogens (tertiary/aromatic N) is 2. The third kappa shape index (κ3) is 2.76. The Morgan fingerprint density at radius 2 is 1.96 bits per heavy atom. The minimum Gasteiger partial charge on any atom is -0.282 e. The van der Waals surface area contributed by atoms with Crippen molar-refractivity contribution in [2.45, 2.75) is 19.3 Å². The normalized spacial score (nSPS) is 19.6. The maximum absolute atomic E-state index is 14.8. The molecule has 2 heterocycles. The number of hydrogen-bond donors (Lipinski definition) is 1. The second-order valence-corrected chi connectivity index (χ2v) is 6.29. The number of carbonyl (C=O) groups excluding carboxylic acids is 3. The van der Waals surface area contributed by atoms with Crippen molar-refractivity contribution in [1.82, 2.24) is 15.3 Å². The summed E-state index contributed by atoms with van der Waals surface area (Å²) in [5.41, 5.74) is 4.20. The molecule has 0 spiro atoms. The summed E-state index contributed by atoms with van der Waals surface area (Å²) in [6.07, 6.45) is -1.10. The highest BCUT2D eigenvalue weighted by molar-refractivity contribution is 6.07. The van der Waals surface area contributed by atoms with Crippen LogP contribution in [0, 0.1) is 0 Å². The van der Waals surface area contributed by atoms with Crippen LogP contribution in [0.5, 0.6) is 0 Å². The smallest absolute Gasteiger partial charge is 0.266 e. The van der Waals surface area contributed by atoms with Crippen molar-refractivity contribution >= 4 is 17.7 Å². The fourth-order valence-electron chi connectivity index (χ4n) is 3.13. The first-order chi connectivity index (χ1) is 12.5. The van der Waals surface area contributed by atoms with Gasteiger partial charge in [-0.25, -0.2) is 4.39 Å². The second-order valence-electron chi connectivity index (χ2n) is 6.29. The van der Waals surface area contributed by atoms with Crippen molar-refractivity contribution < 1.29 is 18.8 Å². The lowest BCUT2D eigenvalue weighted by molar-refractivity contribution is -0.135. The van der Waals surface area contributed by atoms with E-state index in [1.807, 2.05) is 0 Å². The standard InChI is InChI=1S/C19H16FN3O3/c20-17-14-6-1-2-7-15(14)18(25)21-23(17)11-12-4-3-5-13(10-12)19(26)22-9-8-16(22)24/h1-7,10,17H,8-9,11H2,(H,21,25). The number of imide groups is 1. The van der Waals surface area contributed by atoms with Crippen LogP contribution in [0.15, 0.2) is 48.5 Å². The number of hydrogen-bond acceptors (Lipinski definition) is 4. The van der Waals surface area contributed by atoms with E-state index in [1.54, 1.807) is 48.5 Å². The van der Waals surface area contributed by atoms with Crippen molar-refractivity contribution in [2.75, 3.05) is 6.54 Å². The molecule has 2 aliphatic heterocycles. The second kappa shape index (κ2) is 6.34. The monoisotopic (exact) mass is 353 g/mol. The molecule has 2 aromatic rings. The Hall–Kier alpha value is -3.06. The summed E-state index contributed by atoms with van der Waals surface area (Å²) < 4.78 is 14.8. The molecule has 1 fully saturated rings. The summed E-state index contributed by atoms with van der Waals surface area (Å²) in [5, 5.41) is 1.20. The molecule has 0 bridgehead atoms. The number of likely N-dealkylation sites (tertiary alicyclic amines) is 1. The van der Waals surface area contributed by atoms with Crippen molar-refractivity contribution in [3.8, 4) is 0 Å². The number of carbonyl (C=O) groups is 3. The molecule has 1 saturated heterocycles. The number of benzene rings is 2. The first kappa shape index (κ1) is 16.4. The molecule has 132 valence electrons. The number of fused-ring (bicyclic) bond motifs is 1. The summed E-state index contributed by atoms with van der Waals surface area (Å²) in [6, 6.07) is 13.2. The Kier molecular flexibility index (Phi) is 4.00. The van der Waals surface area contributed by atoms with E-state index in [2.05, 4.69) is 5.43 Å². The Bertz CT molecular complexity index is 914. The third-order valence-corrected chi connectivity index (χ3v) is 4.60. The molecule has 0 radical (unpaired) electrons. The van der Waals surface area contributed by atoms with Crippen LogP contribution in [-0.2, 0) is 11.3 Å². The number of β-lactam (4-membered cyclic amide) rings is 1. The van der Waals surface area contributed by atoms with Gasteiger partial charge in [-0.15, -0.1) is 0 Å². The number of amides is 3. The maximum atomic E-state index is 14.8. The fourth-order valence-corrected chi connectivity index (χ4v) is 3.13. The molecule has 1 unspecified atom stereocenters. The molecule has 2 aromatic carbocycles. The molecule has 0 saturated carbocycles. The quantitative estimate of drug-likeness (QED) is 0.522. The lowest BCUT2D eigenvalue weighted by Crippen LogP contribution is -2.47. The lowest BCUT2D eigenvalue weighted by Gasteiger charge is -2.32. The SMILES string of the molecule is O=C1NN(Cc2cccc(C(=O)N3CCC3=O)c2)C(F)c2ccccc21. The highest BCUT2D eigenvalue weighted by Crippen LogP contribution is 2.29. The zero-order valence-electron chi connectivity index (χ0n) is 13.8. The molecular formula is C19H16FN3O3. The molecule has 1 N–H and O–H groups in total. The summed E-state index contributed by atoms with van der Waals surface area (Å²) in [6.45, 7) is 0.518. The summed E-state index contributed by atoms with van der Waals surface area (Å²) >= 11 is 0. The average Bonchev–Trinajstić information content (AvgIpc) is 2.65. The minimum absolute atomic E-state index is 0.0936. The molecule has 26 heavy (non-hydrogen) atoms. The number of hydrazine groups is 1. The van der Waals surface area contributed by atoms with E-state index in [1.165, 1.54) is 9.91 Å². The van der Waals surface area contributed by atoms with Crippen molar-refractivity contribution in [1.29, 1.82) is 0 Å². The van der Waals surface area contributed by atoms with Gasteiger partial charge in [-0.2, -0.15) is 5.01 Å². The van der Waals surface area contributed by atoms with E-state index in [-0.39, 0.29) is 24.3 Å². The Labute approximate surface area is 149 Å². The van der Waals surface area contributed by atoms with E-state index in [0.717, 1.165) is 0 Å². The van der Waals surface area contributed by atoms with Gasteiger partial charge in [0.25, 0.3) is 11.8 Å². The third-order valence-electron chi connectivity index (χ3n) is 4.60. The summed E-state index contributed by atoms with van der Waals surface area (Å²) in [4.78, 5) is 37.1. The topological polar surface area (TPSA) is 69.7 Å². The van der Waals surface area contributed by atoms with Gasteiger partial charge in [0.05, 0.1) is 0 Å². The van der Waals surface area contributed by atoms with Crippen molar-refractivity contribution in [3.05, 3.63) is 70.8 Å². The Morgan fingerprint density at radius 1 is 1.15 bits per heavy atom. The zero-order valence-corrected chi connectivity index (χ0v) is 13.8. The first-order valence-electron chi connectivity index (χ1n) is 8.29. The van der Waals surface area contributed by atoms with Gasteiger partial charge in [0, 0.05) is 36.2 Å².